The zero-order valence-corrected chi connectivity index (χ0v) is 11.5. The average molecular weight is 280 g/mol. The SMILES string of the molecule is COc1ccccc1-c1c(C)nn2c(N)c(C#N)nnc12. The van der Waals surface area contributed by atoms with Crippen LogP contribution in [0.25, 0.3) is 16.8 Å². The molecule has 21 heavy (non-hydrogen) atoms. The van der Waals surface area contributed by atoms with E-state index in [4.69, 9.17) is 15.7 Å². The number of methoxy groups -OCH3 is 1. The minimum atomic E-state index is 0.0524. The Morgan fingerprint density at radius 3 is 2.76 bits per heavy atom. The maximum Gasteiger partial charge on any atom is 0.205 e. The smallest absolute Gasteiger partial charge is 0.205 e. The molecule has 3 aromatic rings. The Morgan fingerprint density at radius 1 is 1.29 bits per heavy atom. The van der Waals surface area contributed by atoms with E-state index < -0.39 is 0 Å². The van der Waals surface area contributed by atoms with E-state index in [2.05, 4.69) is 15.3 Å². The highest BCUT2D eigenvalue weighted by Gasteiger charge is 2.19. The molecule has 3 rings (SSSR count). The first-order valence-corrected chi connectivity index (χ1v) is 6.22. The molecule has 2 aromatic heterocycles. The molecular weight excluding hydrogens is 268 g/mol. The van der Waals surface area contributed by atoms with E-state index in [1.54, 1.807) is 7.11 Å². The number of nitrogen functional groups attached to an aromatic ring is 1. The van der Waals surface area contributed by atoms with E-state index in [0.717, 1.165) is 16.8 Å². The highest BCUT2D eigenvalue weighted by atomic mass is 16.5. The summed E-state index contributed by atoms with van der Waals surface area (Å²) in [7, 11) is 1.60. The average Bonchev–Trinajstić information content (AvgIpc) is 2.84. The number of ether oxygens (including phenoxy) is 1. The lowest BCUT2D eigenvalue weighted by atomic mass is 10.1. The number of nitrogens with two attached hydrogens (primary N) is 1. The van der Waals surface area contributed by atoms with E-state index >= 15 is 0 Å². The van der Waals surface area contributed by atoms with Gasteiger partial charge < -0.3 is 10.5 Å². The van der Waals surface area contributed by atoms with Crippen LogP contribution in [0.2, 0.25) is 0 Å². The van der Waals surface area contributed by atoms with Gasteiger partial charge in [-0.05, 0) is 13.0 Å². The molecule has 0 saturated carbocycles. The molecule has 0 saturated heterocycles. The third-order valence-electron chi connectivity index (χ3n) is 3.23. The standard InChI is InChI=1S/C14H12N6O/c1-8-12(9-5-3-4-6-11(9)21-2)14-18-17-10(7-15)13(16)20(14)19-8/h3-6H,16H2,1-2H3. The van der Waals surface area contributed by atoms with Crippen molar-refractivity contribution in [3.05, 3.63) is 35.7 Å². The van der Waals surface area contributed by atoms with Crippen molar-refractivity contribution in [1.82, 2.24) is 19.8 Å². The summed E-state index contributed by atoms with van der Waals surface area (Å²) in [5.74, 6) is 0.881. The Hall–Kier alpha value is -3.14. The van der Waals surface area contributed by atoms with E-state index in [0.29, 0.717) is 11.4 Å². The third-order valence-corrected chi connectivity index (χ3v) is 3.23. The molecule has 0 fully saturated rings. The predicted molar refractivity (Wildman–Crippen MR) is 76.6 cm³/mol. The van der Waals surface area contributed by atoms with Gasteiger partial charge in [-0.3, -0.25) is 0 Å². The number of aryl methyl sites for hydroxylation is 1. The van der Waals surface area contributed by atoms with Gasteiger partial charge in [-0.1, -0.05) is 18.2 Å². The van der Waals surface area contributed by atoms with Crippen LogP contribution < -0.4 is 10.5 Å². The fourth-order valence-corrected chi connectivity index (χ4v) is 2.27. The van der Waals surface area contributed by atoms with Crippen molar-refractivity contribution in [2.75, 3.05) is 12.8 Å². The van der Waals surface area contributed by atoms with Gasteiger partial charge in [0, 0.05) is 5.56 Å². The van der Waals surface area contributed by atoms with Crippen LogP contribution in [-0.2, 0) is 0 Å². The Bertz CT molecular complexity index is 877. The first kappa shape index (κ1) is 12.9. The largest absolute Gasteiger partial charge is 0.496 e. The quantitative estimate of drug-likeness (QED) is 0.764. The lowest BCUT2D eigenvalue weighted by Gasteiger charge is -2.07. The molecule has 2 heterocycles. The third kappa shape index (κ3) is 1.85. The number of nitriles is 1. The molecule has 0 radical (unpaired) electrons. The Kier molecular flexibility index (Phi) is 2.92. The number of rotatable bonds is 2. The number of hydrogen-bond donors (Lipinski definition) is 1. The molecule has 104 valence electrons. The molecule has 0 amide bonds. The summed E-state index contributed by atoms with van der Waals surface area (Å²) in [6.45, 7) is 1.85. The zero-order valence-electron chi connectivity index (χ0n) is 11.5. The molecule has 1 aromatic carbocycles. The van der Waals surface area contributed by atoms with E-state index in [1.165, 1.54) is 4.52 Å². The Labute approximate surface area is 120 Å². The molecular formula is C14H12N6O. The van der Waals surface area contributed by atoms with Crippen molar-refractivity contribution in [1.29, 1.82) is 5.26 Å². The van der Waals surface area contributed by atoms with Crippen LogP contribution in [0.1, 0.15) is 11.4 Å². The number of para-hydroxylation sites is 1. The van der Waals surface area contributed by atoms with Gasteiger partial charge in [0.2, 0.25) is 5.69 Å². The summed E-state index contributed by atoms with van der Waals surface area (Å²) in [4.78, 5) is 0. The summed E-state index contributed by atoms with van der Waals surface area (Å²) in [5, 5.41) is 21.2. The molecule has 7 nitrogen and oxygen atoms in total. The molecule has 0 bridgehead atoms. The van der Waals surface area contributed by atoms with Gasteiger partial charge in [0.1, 0.15) is 11.8 Å². The topological polar surface area (TPSA) is 102 Å². The van der Waals surface area contributed by atoms with Gasteiger partial charge in [-0.15, -0.1) is 10.2 Å². The summed E-state index contributed by atoms with van der Waals surface area (Å²) in [6, 6.07) is 9.46. The van der Waals surface area contributed by atoms with E-state index in [1.807, 2.05) is 37.3 Å². The van der Waals surface area contributed by atoms with Crippen molar-refractivity contribution in [2.45, 2.75) is 6.92 Å². The maximum absolute atomic E-state index is 8.96. The zero-order chi connectivity index (χ0) is 15.0. The normalized spacial score (nSPS) is 10.5. The minimum absolute atomic E-state index is 0.0524. The van der Waals surface area contributed by atoms with Crippen LogP contribution in [0.4, 0.5) is 5.82 Å². The van der Waals surface area contributed by atoms with Crippen molar-refractivity contribution < 1.29 is 4.74 Å². The fraction of sp³-hybridized carbons (Fsp3) is 0.143. The molecule has 0 spiro atoms. The van der Waals surface area contributed by atoms with Crippen molar-refractivity contribution in [3.63, 3.8) is 0 Å². The summed E-state index contributed by atoms with van der Waals surface area (Å²) in [6.07, 6.45) is 0. The predicted octanol–water partition coefficient (Wildman–Crippen LogP) is 1.56. The summed E-state index contributed by atoms with van der Waals surface area (Å²) >= 11 is 0. The first-order valence-electron chi connectivity index (χ1n) is 6.22. The highest BCUT2D eigenvalue weighted by Crippen LogP contribution is 2.34. The lowest BCUT2D eigenvalue weighted by Crippen LogP contribution is -2.06. The minimum Gasteiger partial charge on any atom is -0.496 e. The number of benzene rings is 1. The van der Waals surface area contributed by atoms with Crippen LogP contribution in [-0.4, -0.2) is 26.9 Å². The van der Waals surface area contributed by atoms with Gasteiger partial charge in [0.15, 0.2) is 11.5 Å². The first-order chi connectivity index (χ1) is 10.2. The van der Waals surface area contributed by atoms with Gasteiger partial charge in [0.25, 0.3) is 0 Å². The fourth-order valence-electron chi connectivity index (χ4n) is 2.27. The maximum atomic E-state index is 8.96. The molecule has 0 aliphatic carbocycles. The number of hydrogen-bond acceptors (Lipinski definition) is 6. The summed E-state index contributed by atoms with van der Waals surface area (Å²) < 4.78 is 6.81. The molecule has 0 unspecified atom stereocenters. The van der Waals surface area contributed by atoms with Crippen LogP contribution in [0.5, 0.6) is 5.75 Å². The molecule has 0 atom stereocenters. The van der Waals surface area contributed by atoms with Crippen molar-refractivity contribution in [3.8, 4) is 22.9 Å². The van der Waals surface area contributed by atoms with Gasteiger partial charge in [-0.25, -0.2) is 0 Å². The number of anilines is 1. The monoisotopic (exact) mass is 280 g/mol. The lowest BCUT2D eigenvalue weighted by molar-refractivity contribution is 0.416. The molecule has 7 heteroatoms. The second-order valence-corrected chi connectivity index (χ2v) is 4.44. The van der Waals surface area contributed by atoms with Crippen LogP contribution in [0.3, 0.4) is 0 Å². The number of nitrogens with zero attached hydrogens (tertiary/aromatic N) is 5. The van der Waals surface area contributed by atoms with Gasteiger partial charge in [0.05, 0.1) is 18.4 Å². The van der Waals surface area contributed by atoms with Crippen LogP contribution in [0, 0.1) is 18.3 Å². The summed E-state index contributed by atoms with van der Waals surface area (Å²) in [5.41, 5.74) is 8.82. The Balaban J connectivity index is 2.37. The second kappa shape index (κ2) is 4.76. The molecule has 2 N–H and O–H groups in total. The Morgan fingerprint density at radius 2 is 2.05 bits per heavy atom. The number of fused-ring (bicyclic) bond motifs is 1. The molecule has 0 aliphatic heterocycles. The van der Waals surface area contributed by atoms with Gasteiger partial charge in [-0.2, -0.15) is 14.9 Å². The highest BCUT2D eigenvalue weighted by molar-refractivity contribution is 5.84. The van der Waals surface area contributed by atoms with E-state index in [-0.39, 0.29) is 11.5 Å². The van der Waals surface area contributed by atoms with Crippen molar-refractivity contribution in [2.24, 2.45) is 0 Å². The van der Waals surface area contributed by atoms with E-state index in [9.17, 15) is 0 Å². The van der Waals surface area contributed by atoms with Crippen LogP contribution >= 0.6 is 0 Å². The van der Waals surface area contributed by atoms with Crippen molar-refractivity contribution >= 4 is 11.5 Å². The van der Waals surface area contributed by atoms with Gasteiger partial charge >= 0.3 is 0 Å². The molecule has 0 aliphatic rings. The number of aromatic nitrogens is 4. The van der Waals surface area contributed by atoms with Crippen LogP contribution in [0.15, 0.2) is 24.3 Å². The second-order valence-electron chi connectivity index (χ2n) is 4.44.